The largest absolute Gasteiger partial charge is 0.381 e. The number of hydrogen-bond donors (Lipinski definition) is 1. The molecule has 0 bridgehead atoms. The van der Waals surface area contributed by atoms with Crippen LogP contribution in [0.1, 0.15) is 18.4 Å². The van der Waals surface area contributed by atoms with Crippen LogP contribution in [0.5, 0.6) is 0 Å². The van der Waals surface area contributed by atoms with Gasteiger partial charge in [-0.1, -0.05) is 23.7 Å². The molecule has 0 spiro atoms. The summed E-state index contributed by atoms with van der Waals surface area (Å²) in [5.41, 5.74) is 1.59. The van der Waals surface area contributed by atoms with Crippen molar-refractivity contribution in [1.29, 1.82) is 0 Å². The molecular weight excluding hydrogens is 234 g/mol. The number of rotatable bonds is 4. The fourth-order valence-corrected chi connectivity index (χ4v) is 2.79. The zero-order valence-electron chi connectivity index (χ0n) is 10.3. The number of halogens is 1. The summed E-state index contributed by atoms with van der Waals surface area (Å²) in [6.45, 7) is 2.78. The van der Waals surface area contributed by atoms with Crippen molar-refractivity contribution in [2.75, 3.05) is 26.8 Å². The zero-order valence-corrected chi connectivity index (χ0v) is 11.1. The van der Waals surface area contributed by atoms with Crippen LogP contribution in [-0.2, 0) is 11.2 Å². The minimum atomic E-state index is 0.251. The van der Waals surface area contributed by atoms with Gasteiger partial charge in [0.1, 0.15) is 0 Å². The van der Waals surface area contributed by atoms with Crippen LogP contribution in [0.3, 0.4) is 0 Å². The van der Waals surface area contributed by atoms with Crippen molar-refractivity contribution >= 4 is 11.6 Å². The molecule has 0 aliphatic carbocycles. The molecule has 1 unspecified atom stereocenters. The van der Waals surface area contributed by atoms with Crippen molar-refractivity contribution in [3.8, 4) is 0 Å². The van der Waals surface area contributed by atoms with Gasteiger partial charge < -0.3 is 10.1 Å². The third kappa shape index (κ3) is 3.44. The summed E-state index contributed by atoms with van der Waals surface area (Å²) < 4.78 is 5.67. The maximum absolute atomic E-state index is 5.91. The van der Waals surface area contributed by atoms with E-state index >= 15 is 0 Å². The quantitative estimate of drug-likeness (QED) is 0.891. The van der Waals surface area contributed by atoms with E-state index in [0.717, 1.165) is 37.6 Å². The van der Waals surface area contributed by atoms with Crippen LogP contribution < -0.4 is 5.32 Å². The molecule has 0 saturated carbocycles. The molecule has 1 aromatic carbocycles. The van der Waals surface area contributed by atoms with Gasteiger partial charge in [0.2, 0.25) is 0 Å². The lowest BCUT2D eigenvalue weighted by atomic mass is 9.77. The molecule has 1 N–H and O–H groups in total. The van der Waals surface area contributed by atoms with Crippen molar-refractivity contribution in [2.24, 2.45) is 5.41 Å². The molecule has 2 nitrogen and oxygen atoms in total. The highest BCUT2D eigenvalue weighted by Gasteiger charge is 2.32. The molecule has 1 saturated heterocycles. The number of ether oxygens (including phenoxy) is 1. The van der Waals surface area contributed by atoms with E-state index in [9.17, 15) is 0 Å². The van der Waals surface area contributed by atoms with Crippen LogP contribution in [0.25, 0.3) is 0 Å². The van der Waals surface area contributed by atoms with Crippen LogP contribution in [-0.4, -0.2) is 26.8 Å². The van der Waals surface area contributed by atoms with Gasteiger partial charge in [-0.05, 0) is 44.0 Å². The highest BCUT2D eigenvalue weighted by molar-refractivity contribution is 6.30. The third-order valence-corrected chi connectivity index (χ3v) is 3.70. The number of benzene rings is 1. The highest BCUT2D eigenvalue weighted by atomic mass is 35.5. The van der Waals surface area contributed by atoms with Crippen LogP contribution in [0.2, 0.25) is 5.02 Å². The Hall–Kier alpha value is -0.570. The number of hydrogen-bond acceptors (Lipinski definition) is 2. The van der Waals surface area contributed by atoms with E-state index in [4.69, 9.17) is 16.3 Å². The van der Waals surface area contributed by atoms with E-state index in [-0.39, 0.29) is 5.41 Å². The summed E-state index contributed by atoms with van der Waals surface area (Å²) in [6.07, 6.45) is 3.46. The van der Waals surface area contributed by atoms with E-state index in [1.165, 1.54) is 12.0 Å². The van der Waals surface area contributed by atoms with Crippen molar-refractivity contribution in [1.82, 2.24) is 5.32 Å². The Bertz CT molecular complexity index is 338. The highest BCUT2D eigenvalue weighted by Crippen LogP contribution is 2.32. The normalized spacial score (nSPS) is 24.8. The Morgan fingerprint density at radius 2 is 2.12 bits per heavy atom. The van der Waals surface area contributed by atoms with Gasteiger partial charge in [-0.15, -0.1) is 0 Å². The van der Waals surface area contributed by atoms with Gasteiger partial charge >= 0.3 is 0 Å². The summed E-state index contributed by atoms with van der Waals surface area (Å²) in [5, 5.41) is 4.11. The predicted molar refractivity (Wildman–Crippen MR) is 71.6 cm³/mol. The molecule has 0 aromatic heterocycles. The van der Waals surface area contributed by atoms with Gasteiger partial charge in [-0.3, -0.25) is 0 Å². The van der Waals surface area contributed by atoms with E-state index in [2.05, 4.69) is 17.4 Å². The molecule has 1 aliphatic rings. The van der Waals surface area contributed by atoms with Gasteiger partial charge in [0.25, 0.3) is 0 Å². The van der Waals surface area contributed by atoms with E-state index < -0.39 is 0 Å². The first-order chi connectivity index (χ1) is 8.24. The molecule has 94 valence electrons. The molecule has 1 atom stereocenters. The molecular formula is C14H20ClNO. The summed E-state index contributed by atoms with van der Waals surface area (Å²) in [5.74, 6) is 0. The first-order valence-electron chi connectivity index (χ1n) is 6.21. The summed E-state index contributed by atoms with van der Waals surface area (Å²) in [4.78, 5) is 0. The third-order valence-electron chi connectivity index (χ3n) is 3.45. The lowest BCUT2D eigenvalue weighted by molar-refractivity contribution is -0.00623. The Balaban J connectivity index is 2.08. The van der Waals surface area contributed by atoms with Gasteiger partial charge in [-0.2, -0.15) is 0 Å². The first kappa shape index (κ1) is 12.9. The Labute approximate surface area is 108 Å². The average molecular weight is 254 g/mol. The number of nitrogens with one attached hydrogen (secondary N) is 1. The SMILES string of the molecule is CNCC1(Cc2ccc(Cl)cc2)CCCOC1. The molecule has 1 aliphatic heterocycles. The molecule has 3 heteroatoms. The second-order valence-corrected chi connectivity index (χ2v) is 5.43. The minimum absolute atomic E-state index is 0.251. The summed E-state index contributed by atoms with van der Waals surface area (Å²) >= 11 is 5.91. The lowest BCUT2D eigenvalue weighted by Crippen LogP contribution is -2.41. The van der Waals surface area contributed by atoms with Crippen LogP contribution in [0, 0.1) is 5.41 Å². The molecule has 2 rings (SSSR count). The summed E-state index contributed by atoms with van der Waals surface area (Å²) in [6, 6.07) is 8.17. The standard InChI is InChI=1S/C14H20ClNO/c1-16-10-14(7-2-8-17-11-14)9-12-3-5-13(15)6-4-12/h3-6,16H,2,7-11H2,1H3. The average Bonchev–Trinajstić information content (AvgIpc) is 2.34. The maximum Gasteiger partial charge on any atom is 0.0537 e. The topological polar surface area (TPSA) is 21.3 Å². The Morgan fingerprint density at radius 1 is 1.35 bits per heavy atom. The van der Waals surface area contributed by atoms with E-state index in [1.54, 1.807) is 0 Å². The zero-order chi connectivity index (χ0) is 12.1. The second-order valence-electron chi connectivity index (χ2n) is 4.99. The Kier molecular flexibility index (Phi) is 4.43. The Morgan fingerprint density at radius 3 is 2.71 bits per heavy atom. The fraction of sp³-hybridized carbons (Fsp3) is 0.571. The molecule has 1 heterocycles. The molecule has 1 aromatic rings. The second kappa shape index (κ2) is 5.85. The molecule has 0 amide bonds. The molecule has 1 fully saturated rings. The summed E-state index contributed by atoms with van der Waals surface area (Å²) in [7, 11) is 2.01. The molecule has 0 radical (unpaired) electrons. The van der Waals surface area contributed by atoms with Gasteiger partial charge in [-0.25, -0.2) is 0 Å². The smallest absolute Gasteiger partial charge is 0.0537 e. The van der Waals surface area contributed by atoms with Crippen molar-refractivity contribution < 1.29 is 4.74 Å². The van der Waals surface area contributed by atoms with Gasteiger partial charge in [0.05, 0.1) is 6.61 Å². The maximum atomic E-state index is 5.91. The van der Waals surface area contributed by atoms with E-state index in [0.29, 0.717) is 0 Å². The van der Waals surface area contributed by atoms with Gasteiger partial charge in [0.15, 0.2) is 0 Å². The van der Waals surface area contributed by atoms with Crippen LogP contribution in [0.15, 0.2) is 24.3 Å². The van der Waals surface area contributed by atoms with E-state index in [1.807, 2.05) is 19.2 Å². The monoisotopic (exact) mass is 253 g/mol. The fourth-order valence-electron chi connectivity index (χ4n) is 2.66. The predicted octanol–water partition coefficient (Wildman–Crippen LogP) is 2.90. The van der Waals surface area contributed by atoms with Crippen molar-refractivity contribution in [3.63, 3.8) is 0 Å². The van der Waals surface area contributed by atoms with Crippen molar-refractivity contribution in [2.45, 2.75) is 19.3 Å². The molecule has 17 heavy (non-hydrogen) atoms. The minimum Gasteiger partial charge on any atom is -0.381 e. The lowest BCUT2D eigenvalue weighted by Gasteiger charge is -2.37. The first-order valence-corrected chi connectivity index (χ1v) is 6.59. The van der Waals surface area contributed by atoms with Crippen LogP contribution in [0.4, 0.5) is 0 Å². The van der Waals surface area contributed by atoms with Crippen LogP contribution >= 0.6 is 11.6 Å². The van der Waals surface area contributed by atoms with Gasteiger partial charge in [0, 0.05) is 23.6 Å². The van der Waals surface area contributed by atoms with Crippen molar-refractivity contribution in [3.05, 3.63) is 34.9 Å².